The molecular formula is C12H11Cl3O2. The highest BCUT2D eigenvalue weighted by atomic mass is 35.5. The number of carbonyl (C=O) groups excluding carboxylic acids is 1. The number of benzene rings is 1. The maximum absolute atomic E-state index is 12.3. The first kappa shape index (κ1) is 13.2. The minimum Gasteiger partial charge on any atom is -0.381 e. The highest BCUT2D eigenvalue weighted by Crippen LogP contribution is 2.32. The Morgan fingerprint density at radius 3 is 2.41 bits per heavy atom. The molecule has 0 aromatic heterocycles. The van der Waals surface area contributed by atoms with E-state index in [1.807, 2.05) is 0 Å². The van der Waals surface area contributed by atoms with Gasteiger partial charge >= 0.3 is 0 Å². The van der Waals surface area contributed by atoms with Crippen molar-refractivity contribution in [3.63, 3.8) is 0 Å². The van der Waals surface area contributed by atoms with Crippen molar-refractivity contribution in [2.45, 2.75) is 12.8 Å². The van der Waals surface area contributed by atoms with Gasteiger partial charge in [-0.05, 0) is 25.0 Å². The molecule has 1 aromatic carbocycles. The van der Waals surface area contributed by atoms with Crippen LogP contribution in [0.4, 0.5) is 0 Å². The van der Waals surface area contributed by atoms with Crippen molar-refractivity contribution in [2.24, 2.45) is 5.92 Å². The van der Waals surface area contributed by atoms with Gasteiger partial charge in [-0.1, -0.05) is 34.8 Å². The highest BCUT2D eigenvalue weighted by molar-refractivity contribution is 6.42. The average molecular weight is 294 g/mol. The molecule has 1 aromatic rings. The van der Waals surface area contributed by atoms with E-state index in [-0.39, 0.29) is 11.7 Å². The zero-order chi connectivity index (χ0) is 12.4. The molecule has 0 N–H and O–H groups in total. The van der Waals surface area contributed by atoms with Crippen molar-refractivity contribution in [2.75, 3.05) is 13.2 Å². The van der Waals surface area contributed by atoms with Gasteiger partial charge in [0.25, 0.3) is 0 Å². The normalized spacial score (nSPS) is 20.3. The van der Waals surface area contributed by atoms with Crippen LogP contribution in [0.25, 0.3) is 0 Å². The lowest BCUT2D eigenvalue weighted by Gasteiger charge is -2.21. The largest absolute Gasteiger partial charge is 0.381 e. The third kappa shape index (κ3) is 2.94. The van der Waals surface area contributed by atoms with Crippen LogP contribution in [0, 0.1) is 5.92 Å². The molecule has 0 bridgehead atoms. The van der Waals surface area contributed by atoms with E-state index in [9.17, 15) is 4.79 Å². The van der Waals surface area contributed by atoms with Crippen LogP contribution in [0.3, 0.4) is 0 Å². The first-order chi connectivity index (χ1) is 8.09. The van der Waals surface area contributed by atoms with Gasteiger partial charge in [-0.25, -0.2) is 0 Å². The molecule has 0 saturated carbocycles. The Balaban J connectivity index is 2.30. The number of Topliss-reactive ketones (excluding diaryl/α,β-unsaturated/α-hetero) is 1. The maximum Gasteiger partial charge on any atom is 0.171 e. The highest BCUT2D eigenvalue weighted by Gasteiger charge is 2.26. The molecule has 5 heteroatoms. The summed E-state index contributed by atoms with van der Waals surface area (Å²) >= 11 is 17.8. The molecular weight excluding hydrogens is 282 g/mol. The summed E-state index contributed by atoms with van der Waals surface area (Å²) in [6.07, 6.45) is 1.70. The second kappa shape index (κ2) is 5.57. The predicted octanol–water partition coefficient (Wildman–Crippen LogP) is 4.26. The van der Waals surface area contributed by atoms with E-state index < -0.39 is 0 Å². The summed E-state index contributed by atoms with van der Waals surface area (Å²) in [6, 6.07) is 3.07. The Morgan fingerprint density at radius 2 is 1.88 bits per heavy atom. The first-order valence-electron chi connectivity index (χ1n) is 5.36. The average Bonchev–Trinajstić information content (AvgIpc) is 2.28. The number of hydrogen-bond donors (Lipinski definition) is 0. The first-order valence-corrected chi connectivity index (χ1v) is 6.49. The quantitative estimate of drug-likeness (QED) is 0.762. The van der Waals surface area contributed by atoms with Crippen molar-refractivity contribution in [1.29, 1.82) is 0 Å². The molecule has 2 nitrogen and oxygen atoms in total. The van der Waals surface area contributed by atoms with Gasteiger partial charge in [0.1, 0.15) is 0 Å². The van der Waals surface area contributed by atoms with E-state index in [1.165, 1.54) is 12.1 Å². The lowest BCUT2D eigenvalue weighted by Crippen LogP contribution is -2.25. The van der Waals surface area contributed by atoms with Gasteiger partial charge < -0.3 is 4.74 Å². The molecule has 1 saturated heterocycles. The van der Waals surface area contributed by atoms with Crippen molar-refractivity contribution in [3.05, 3.63) is 32.8 Å². The topological polar surface area (TPSA) is 26.3 Å². The fourth-order valence-electron chi connectivity index (χ4n) is 1.93. The molecule has 2 rings (SSSR count). The number of carbonyl (C=O) groups is 1. The van der Waals surface area contributed by atoms with Crippen LogP contribution in [-0.2, 0) is 4.74 Å². The molecule has 1 aliphatic rings. The Hall–Kier alpha value is -0.280. The lowest BCUT2D eigenvalue weighted by atomic mass is 9.92. The Kier molecular flexibility index (Phi) is 4.31. The monoisotopic (exact) mass is 292 g/mol. The molecule has 0 radical (unpaired) electrons. The molecule has 17 heavy (non-hydrogen) atoms. The fraction of sp³-hybridized carbons (Fsp3) is 0.417. The summed E-state index contributed by atoms with van der Waals surface area (Å²) < 4.78 is 5.30. The predicted molar refractivity (Wildman–Crippen MR) is 69.3 cm³/mol. The minimum atomic E-state index is -0.153. The number of rotatable bonds is 2. The zero-order valence-electron chi connectivity index (χ0n) is 9.01. The van der Waals surface area contributed by atoms with E-state index in [4.69, 9.17) is 39.5 Å². The second-order valence-corrected chi connectivity index (χ2v) is 5.27. The molecule has 1 aliphatic heterocycles. The van der Waals surface area contributed by atoms with Gasteiger partial charge in [-0.3, -0.25) is 4.79 Å². The fourth-order valence-corrected chi connectivity index (χ4v) is 2.93. The maximum atomic E-state index is 12.3. The SMILES string of the molecule is O=C(c1c(Cl)cc(Cl)cc1Cl)C1CCCOC1. The van der Waals surface area contributed by atoms with Crippen LogP contribution < -0.4 is 0 Å². The van der Waals surface area contributed by atoms with Crippen molar-refractivity contribution in [1.82, 2.24) is 0 Å². The summed E-state index contributed by atoms with van der Waals surface area (Å²) in [5.74, 6) is -0.212. The van der Waals surface area contributed by atoms with Crippen LogP contribution in [0.15, 0.2) is 12.1 Å². The van der Waals surface area contributed by atoms with Gasteiger partial charge in [-0.15, -0.1) is 0 Å². The standard InChI is InChI=1S/C12H11Cl3O2/c13-8-4-9(14)11(10(15)5-8)12(16)7-2-1-3-17-6-7/h4-5,7H,1-3,6H2. The van der Waals surface area contributed by atoms with Crippen molar-refractivity contribution >= 4 is 40.6 Å². The summed E-state index contributed by atoms with van der Waals surface area (Å²) in [5, 5.41) is 1.03. The summed E-state index contributed by atoms with van der Waals surface area (Å²) in [6.45, 7) is 1.15. The third-order valence-corrected chi connectivity index (χ3v) is 3.60. The minimum absolute atomic E-state index is 0.0589. The van der Waals surface area contributed by atoms with E-state index in [1.54, 1.807) is 0 Å². The number of halogens is 3. The summed E-state index contributed by atoms with van der Waals surface area (Å²) in [4.78, 5) is 12.3. The zero-order valence-corrected chi connectivity index (χ0v) is 11.3. The van der Waals surface area contributed by atoms with Gasteiger partial charge in [-0.2, -0.15) is 0 Å². The number of ketones is 1. The Morgan fingerprint density at radius 1 is 1.24 bits per heavy atom. The van der Waals surface area contributed by atoms with Gasteiger partial charge in [0.15, 0.2) is 5.78 Å². The third-order valence-electron chi connectivity index (χ3n) is 2.78. The lowest BCUT2D eigenvalue weighted by molar-refractivity contribution is 0.0461. The molecule has 1 fully saturated rings. The molecule has 1 heterocycles. The Labute approximate surface area is 115 Å². The van der Waals surface area contributed by atoms with Crippen LogP contribution in [0.2, 0.25) is 15.1 Å². The molecule has 92 valence electrons. The van der Waals surface area contributed by atoms with Gasteiger partial charge in [0, 0.05) is 17.5 Å². The number of ether oxygens (including phenoxy) is 1. The second-order valence-electron chi connectivity index (χ2n) is 4.02. The molecule has 1 atom stereocenters. The van der Waals surface area contributed by atoms with Crippen LogP contribution >= 0.6 is 34.8 Å². The van der Waals surface area contributed by atoms with Crippen molar-refractivity contribution in [3.8, 4) is 0 Å². The van der Waals surface area contributed by atoms with E-state index in [2.05, 4.69) is 0 Å². The van der Waals surface area contributed by atoms with E-state index in [0.717, 1.165) is 12.8 Å². The van der Waals surface area contributed by atoms with Gasteiger partial charge in [0.05, 0.1) is 22.2 Å². The van der Waals surface area contributed by atoms with Gasteiger partial charge in [0.2, 0.25) is 0 Å². The van der Waals surface area contributed by atoms with E-state index in [0.29, 0.717) is 33.8 Å². The summed E-state index contributed by atoms with van der Waals surface area (Å²) in [7, 11) is 0. The smallest absolute Gasteiger partial charge is 0.171 e. The number of hydrogen-bond acceptors (Lipinski definition) is 2. The van der Waals surface area contributed by atoms with Crippen molar-refractivity contribution < 1.29 is 9.53 Å². The van der Waals surface area contributed by atoms with Crippen LogP contribution in [0.1, 0.15) is 23.2 Å². The van der Waals surface area contributed by atoms with Crippen LogP contribution in [-0.4, -0.2) is 19.0 Å². The molecule has 1 unspecified atom stereocenters. The molecule has 0 aliphatic carbocycles. The molecule has 0 spiro atoms. The van der Waals surface area contributed by atoms with E-state index >= 15 is 0 Å². The van der Waals surface area contributed by atoms with Crippen LogP contribution in [0.5, 0.6) is 0 Å². The Bertz CT molecular complexity index is 416. The summed E-state index contributed by atoms with van der Waals surface area (Å²) in [5.41, 5.74) is 0.355. The molecule has 0 amide bonds.